The van der Waals surface area contributed by atoms with Crippen LogP contribution in [0.5, 0.6) is 0 Å². The Labute approximate surface area is 79.8 Å². The van der Waals surface area contributed by atoms with Gasteiger partial charge in [0.25, 0.3) is 0 Å². The number of hydrogen-bond donors (Lipinski definition) is 1. The third-order valence-corrected chi connectivity index (χ3v) is 2.26. The molecule has 1 amide bonds. The molecule has 0 aromatic heterocycles. The van der Waals surface area contributed by atoms with E-state index in [4.69, 9.17) is 0 Å². The van der Waals surface area contributed by atoms with Crippen LogP contribution in [0, 0.1) is 0 Å². The maximum absolute atomic E-state index is 11.4. The Balaban J connectivity index is 2.06. The van der Waals surface area contributed by atoms with Crippen LogP contribution in [0.1, 0.15) is 19.3 Å². The van der Waals surface area contributed by atoms with Crippen molar-refractivity contribution >= 4 is 5.91 Å². The molecular weight excluding hydrogens is 164 g/mol. The first-order valence-electron chi connectivity index (χ1n) is 4.94. The molecule has 1 N–H and O–H groups in total. The van der Waals surface area contributed by atoms with Gasteiger partial charge in [-0.3, -0.25) is 4.79 Å². The van der Waals surface area contributed by atoms with Gasteiger partial charge in [-0.05, 0) is 25.8 Å². The van der Waals surface area contributed by atoms with E-state index in [-0.39, 0.29) is 5.91 Å². The Kier molecular flexibility index (Phi) is 4.54. The lowest BCUT2D eigenvalue weighted by Crippen LogP contribution is -2.36. The number of amides is 1. The molecule has 1 saturated heterocycles. The topological polar surface area (TPSA) is 32.3 Å². The smallest absolute Gasteiger partial charge is 0.236 e. The highest BCUT2D eigenvalue weighted by Crippen LogP contribution is 2.06. The van der Waals surface area contributed by atoms with E-state index in [1.165, 1.54) is 12.8 Å². The van der Waals surface area contributed by atoms with Crippen LogP contribution in [0.2, 0.25) is 0 Å². The summed E-state index contributed by atoms with van der Waals surface area (Å²) in [5.74, 6) is 0.238. The van der Waals surface area contributed by atoms with Crippen LogP contribution in [0.4, 0.5) is 0 Å². The minimum atomic E-state index is 0.238. The number of nitrogens with one attached hydrogen (secondary N) is 1. The van der Waals surface area contributed by atoms with Crippen molar-refractivity contribution in [3.05, 3.63) is 12.7 Å². The summed E-state index contributed by atoms with van der Waals surface area (Å²) in [7, 11) is 0. The van der Waals surface area contributed by atoms with Crippen molar-refractivity contribution in [2.45, 2.75) is 19.3 Å². The van der Waals surface area contributed by atoms with Crippen molar-refractivity contribution in [2.24, 2.45) is 0 Å². The van der Waals surface area contributed by atoms with Gasteiger partial charge in [0.2, 0.25) is 5.91 Å². The number of rotatable bonds is 5. The van der Waals surface area contributed by atoms with Crippen molar-refractivity contribution in [3.63, 3.8) is 0 Å². The van der Waals surface area contributed by atoms with E-state index in [2.05, 4.69) is 11.9 Å². The Morgan fingerprint density at radius 3 is 2.77 bits per heavy atom. The second-order valence-electron chi connectivity index (χ2n) is 3.34. The van der Waals surface area contributed by atoms with Crippen molar-refractivity contribution < 1.29 is 4.79 Å². The fraction of sp³-hybridized carbons (Fsp3) is 0.700. The highest BCUT2D eigenvalue weighted by Gasteiger charge is 2.16. The molecule has 13 heavy (non-hydrogen) atoms. The number of likely N-dealkylation sites (tertiary alicyclic amines) is 1. The normalized spacial score (nSPS) is 16.2. The third-order valence-electron chi connectivity index (χ3n) is 2.26. The molecule has 0 atom stereocenters. The predicted molar refractivity (Wildman–Crippen MR) is 53.5 cm³/mol. The maximum atomic E-state index is 11.4. The van der Waals surface area contributed by atoms with Crippen molar-refractivity contribution in [1.29, 1.82) is 0 Å². The fourth-order valence-corrected chi connectivity index (χ4v) is 1.48. The second kappa shape index (κ2) is 5.75. The zero-order valence-corrected chi connectivity index (χ0v) is 8.09. The minimum absolute atomic E-state index is 0.238. The van der Waals surface area contributed by atoms with Crippen LogP contribution >= 0.6 is 0 Å². The number of hydrogen-bond acceptors (Lipinski definition) is 2. The van der Waals surface area contributed by atoms with Gasteiger partial charge in [-0.2, -0.15) is 0 Å². The quantitative estimate of drug-likeness (QED) is 0.503. The summed E-state index contributed by atoms with van der Waals surface area (Å²) in [6, 6.07) is 0. The molecule has 1 aliphatic rings. The van der Waals surface area contributed by atoms with E-state index < -0.39 is 0 Å². The molecule has 0 radical (unpaired) electrons. The molecule has 0 aromatic rings. The molecule has 1 aliphatic heterocycles. The number of carbonyl (C=O) groups excluding carboxylic acids is 1. The van der Waals surface area contributed by atoms with Crippen molar-refractivity contribution in [1.82, 2.24) is 10.2 Å². The van der Waals surface area contributed by atoms with Gasteiger partial charge in [-0.15, -0.1) is 6.58 Å². The molecule has 3 heteroatoms. The van der Waals surface area contributed by atoms with E-state index in [0.717, 1.165) is 26.1 Å². The summed E-state index contributed by atoms with van der Waals surface area (Å²) < 4.78 is 0. The molecule has 1 rings (SSSR count). The van der Waals surface area contributed by atoms with Gasteiger partial charge in [0.05, 0.1) is 6.54 Å². The van der Waals surface area contributed by atoms with Crippen LogP contribution < -0.4 is 5.32 Å². The molecule has 0 spiro atoms. The van der Waals surface area contributed by atoms with Crippen LogP contribution in [-0.2, 0) is 4.79 Å². The van der Waals surface area contributed by atoms with Crippen molar-refractivity contribution in [2.75, 3.05) is 26.2 Å². The molecule has 74 valence electrons. The first kappa shape index (κ1) is 10.3. The monoisotopic (exact) mass is 182 g/mol. The molecule has 0 aliphatic carbocycles. The summed E-state index contributed by atoms with van der Waals surface area (Å²) in [5, 5.41) is 3.10. The maximum Gasteiger partial charge on any atom is 0.236 e. The zero-order valence-electron chi connectivity index (χ0n) is 8.09. The lowest BCUT2D eigenvalue weighted by atomic mass is 10.4. The Hall–Kier alpha value is -0.830. The second-order valence-corrected chi connectivity index (χ2v) is 3.34. The van der Waals surface area contributed by atoms with Crippen LogP contribution in [-0.4, -0.2) is 37.0 Å². The summed E-state index contributed by atoms with van der Waals surface area (Å²) in [5.41, 5.74) is 0. The Morgan fingerprint density at radius 2 is 2.15 bits per heavy atom. The van der Waals surface area contributed by atoms with Gasteiger partial charge in [0.15, 0.2) is 0 Å². The van der Waals surface area contributed by atoms with E-state index in [0.29, 0.717) is 6.54 Å². The zero-order chi connectivity index (χ0) is 9.52. The summed E-state index contributed by atoms with van der Waals surface area (Å²) in [4.78, 5) is 13.4. The third kappa shape index (κ3) is 3.59. The molecule has 3 nitrogen and oxygen atoms in total. The van der Waals surface area contributed by atoms with E-state index >= 15 is 0 Å². The van der Waals surface area contributed by atoms with E-state index in [9.17, 15) is 4.79 Å². The summed E-state index contributed by atoms with van der Waals surface area (Å²) >= 11 is 0. The summed E-state index contributed by atoms with van der Waals surface area (Å²) in [6.07, 6.45) is 5.11. The first-order valence-corrected chi connectivity index (χ1v) is 4.94. The largest absolute Gasteiger partial charge is 0.342 e. The molecule has 0 saturated carbocycles. The SMILES string of the molecule is C=CCCNCC(=O)N1CCCC1. The average Bonchev–Trinajstić information content (AvgIpc) is 2.65. The molecule has 0 bridgehead atoms. The van der Waals surface area contributed by atoms with Gasteiger partial charge in [-0.1, -0.05) is 6.08 Å². The van der Waals surface area contributed by atoms with Crippen molar-refractivity contribution in [3.8, 4) is 0 Å². The fourth-order valence-electron chi connectivity index (χ4n) is 1.48. The van der Waals surface area contributed by atoms with Crippen LogP contribution in [0.25, 0.3) is 0 Å². The molecule has 0 aromatic carbocycles. The molecular formula is C10H18N2O. The van der Waals surface area contributed by atoms with Gasteiger partial charge < -0.3 is 10.2 Å². The molecule has 0 unspecified atom stereocenters. The number of nitrogens with zero attached hydrogens (tertiary/aromatic N) is 1. The van der Waals surface area contributed by atoms with Crippen LogP contribution in [0.15, 0.2) is 12.7 Å². The van der Waals surface area contributed by atoms with Gasteiger partial charge in [0, 0.05) is 13.1 Å². The number of carbonyl (C=O) groups is 1. The molecule has 1 fully saturated rings. The summed E-state index contributed by atoms with van der Waals surface area (Å²) in [6.45, 7) is 6.84. The van der Waals surface area contributed by atoms with E-state index in [1.807, 2.05) is 11.0 Å². The lowest BCUT2D eigenvalue weighted by Gasteiger charge is -2.15. The average molecular weight is 182 g/mol. The van der Waals surface area contributed by atoms with Gasteiger partial charge in [-0.25, -0.2) is 0 Å². The Morgan fingerprint density at radius 1 is 1.46 bits per heavy atom. The van der Waals surface area contributed by atoms with Crippen LogP contribution in [0.3, 0.4) is 0 Å². The predicted octanol–water partition coefficient (Wildman–Crippen LogP) is 0.774. The first-order chi connectivity index (χ1) is 6.34. The van der Waals surface area contributed by atoms with E-state index in [1.54, 1.807) is 0 Å². The highest BCUT2D eigenvalue weighted by atomic mass is 16.2. The lowest BCUT2D eigenvalue weighted by molar-refractivity contribution is -0.129. The standard InChI is InChI=1S/C10H18N2O/c1-2-3-6-11-9-10(13)12-7-4-5-8-12/h2,11H,1,3-9H2. The highest BCUT2D eigenvalue weighted by molar-refractivity contribution is 5.78. The molecule has 1 heterocycles. The minimum Gasteiger partial charge on any atom is -0.342 e. The van der Waals surface area contributed by atoms with Gasteiger partial charge in [0.1, 0.15) is 0 Å². The Bertz CT molecular complexity index is 174. The van der Waals surface area contributed by atoms with Gasteiger partial charge >= 0.3 is 0 Å².